The monoisotopic (exact) mass is 418 g/mol. The van der Waals surface area contributed by atoms with E-state index in [1.165, 1.54) is 35.2 Å². The normalized spacial score (nSPS) is 10.5. The second-order valence-electron chi connectivity index (χ2n) is 5.52. The van der Waals surface area contributed by atoms with Crippen molar-refractivity contribution < 1.29 is 19.8 Å². The average Bonchev–Trinajstić information content (AvgIpc) is 2.67. The molecular weight excluding hydrogens is 407 g/mol. The SMILES string of the molecule is Nc1nc(N(c2ccc(C(=O)O)cc2)c2ccccc2C(=O)O)nc(Cl)c1Cl. The average molecular weight is 419 g/mol. The lowest BCUT2D eigenvalue weighted by Crippen LogP contribution is -2.17. The number of carboxylic acid groups (broad SMARTS) is 2. The maximum atomic E-state index is 11.7. The molecule has 3 aromatic rings. The van der Waals surface area contributed by atoms with E-state index in [1.54, 1.807) is 18.2 Å². The van der Waals surface area contributed by atoms with Crippen LogP contribution in [0.5, 0.6) is 0 Å². The molecule has 4 N–H and O–H groups in total. The summed E-state index contributed by atoms with van der Waals surface area (Å²) in [6.45, 7) is 0. The predicted molar refractivity (Wildman–Crippen MR) is 105 cm³/mol. The van der Waals surface area contributed by atoms with Gasteiger partial charge in [-0.1, -0.05) is 35.3 Å². The number of para-hydroxylation sites is 1. The lowest BCUT2D eigenvalue weighted by Gasteiger charge is -2.25. The van der Waals surface area contributed by atoms with E-state index in [1.807, 2.05) is 0 Å². The number of halogens is 2. The van der Waals surface area contributed by atoms with Gasteiger partial charge in [-0.15, -0.1) is 0 Å². The highest BCUT2D eigenvalue weighted by molar-refractivity contribution is 6.42. The van der Waals surface area contributed by atoms with Gasteiger partial charge in [-0.3, -0.25) is 4.90 Å². The molecule has 0 unspecified atom stereocenters. The number of anilines is 4. The van der Waals surface area contributed by atoms with Crippen LogP contribution < -0.4 is 10.6 Å². The number of nitrogens with zero attached hydrogens (tertiary/aromatic N) is 3. The van der Waals surface area contributed by atoms with E-state index >= 15 is 0 Å². The van der Waals surface area contributed by atoms with E-state index in [2.05, 4.69) is 9.97 Å². The zero-order valence-electron chi connectivity index (χ0n) is 14.0. The summed E-state index contributed by atoms with van der Waals surface area (Å²) in [5.41, 5.74) is 6.45. The van der Waals surface area contributed by atoms with Crippen LogP contribution in [0.15, 0.2) is 48.5 Å². The summed E-state index contributed by atoms with van der Waals surface area (Å²) in [5, 5.41) is 18.5. The second kappa shape index (κ2) is 7.71. The minimum Gasteiger partial charge on any atom is -0.478 e. The fourth-order valence-corrected chi connectivity index (χ4v) is 2.75. The minimum atomic E-state index is -1.17. The Morgan fingerprint density at radius 1 is 0.929 bits per heavy atom. The first-order valence-electron chi connectivity index (χ1n) is 7.74. The van der Waals surface area contributed by atoms with Crippen molar-refractivity contribution in [2.75, 3.05) is 10.6 Å². The molecule has 0 radical (unpaired) electrons. The van der Waals surface area contributed by atoms with Gasteiger partial charge in [0, 0.05) is 5.69 Å². The van der Waals surface area contributed by atoms with Crippen LogP contribution >= 0.6 is 23.2 Å². The predicted octanol–water partition coefficient (Wildman–Crippen LogP) is 4.23. The molecular formula is C18H12Cl2N4O4. The van der Waals surface area contributed by atoms with Crippen LogP contribution in [-0.2, 0) is 0 Å². The van der Waals surface area contributed by atoms with Gasteiger partial charge in [0.2, 0.25) is 5.95 Å². The molecule has 0 saturated carbocycles. The molecule has 0 saturated heterocycles. The van der Waals surface area contributed by atoms with Crippen molar-refractivity contribution in [3.63, 3.8) is 0 Å². The van der Waals surface area contributed by atoms with Gasteiger partial charge in [0.05, 0.1) is 16.8 Å². The molecule has 1 heterocycles. The van der Waals surface area contributed by atoms with E-state index in [4.69, 9.17) is 34.0 Å². The van der Waals surface area contributed by atoms with Crippen molar-refractivity contribution in [1.29, 1.82) is 0 Å². The number of rotatable bonds is 5. The third kappa shape index (κ3) is 3.68. The lowest BCUT2D eigenvalue weighted by molar-refractivity contribution is 0.0686. The zero-order chi connectivity index (χ0) is 20.4. The van der Waals surface area contributed by atoms with E-state index in [0.717, 1.165) is 0 Å². The molecule has 142 valence electrons. The van der Waals surface area contributed by atoms with E-state index in [9.17, 15) is 14.7 Å². The van der Waals surface area contributed by atoms with Crippen LogP contribution in [0.2, 0.25) is 10.2 Å². The van der Waals surface area contributed by atoms with Gasteiger partial charge in [0.1, 0.15) is 10.8 Å². The molecule has 3 rings (SSSR count). The second-order valence-corrected chi connectivity index (χ2v) is 6.26. The van der Waals surface area contributed by atoms with Crippen molar-refractivity contribution in [1.82, 2.24) is 9.97 Å². The van der Waals surface area contributed by atoms with Crippen molar-refractivity contribution in [3.05, 3.63) is 69.8 Å². The van der Waals surface area contributed by atoms with Crippen LogP contribution in [0.3, 0.4) is 0 Å². The van der Waals surface area contributed by atoms with Gasteiger partial charge >= 0.3 is 11.9 Å². The number of hydrogen-bond acceptors (Lipinski definition) is 6. The number of nitrogens with two attached hydrogens (primary N) is 1. The quantitative estimate of drug-likeness (QED) is 0.524. The topological polar surface area (TPSA) is 130 Å². The Labute approximate surface area is 168 Å². The van der Waals surface area contributed by atoms with Crippen molar-refractivity contribution >= 4 is 58.3 Å². The summed E-state index contributed by atoms with van der Waals surface area (Å²) in [6, 6.07) is 11.9. The molecule has 1 aromatic heterocycles. The van der Waals surface area contributed by atoms with E-state index < -0.39 is 11.9 Å². The van der Waals surface area contributed by atoms with Gasteiger partial charge in [0.15, 0.2) is 5.15 Å². The summed E-state index contributed by atoms with van der Waals surface area (Å²) in [7, 11) is 0. The third-order valence-corrected chi connectivity index (χ3v) is 4.52. The maximum Gasteiger partial charge on any atom is 0.337 e. The van der Waals surface area contributed by atoms with Gasteiger partial charge in [-0.05, 0) is 36.4 Å². The number of aromatic carboxylic acids is 2. The Morgan fingerprint density at radius 3 is 2.14 bits per heavy atom. The Balaban J connectivity index is 2.26. The maximum absolute atomic E-state index is 11.7. The number of nitrogen functional groups attached to an aromatic ring is 1. The molecule has 0 fully saturated rings. The molecule has 28 heavy (non-hydrogen) atoms. The summed E-state index contributed by atoms with van der Waals surface area (Å²) in [4.78, 5) is 32.4. The van der Waals surface area contributed by atoms with Gasteiger partial charge in [-0.25, -0.2) is 9.59 Å². The highest BCUT2D eigenvalue weighted by Gasteiger charge is 2.23. The molecule has 0 aliphatic carbocycles. The minimum absolute atomic E-state index is 0.0244. The number of benzene rings is 2. The standard InChI is InChI=1S/C18H12Cl2N4O4/c19-13-14(20)22-18(23-15(13)21)24(10-7-5-9(6-8-10)16(25)26)12-4-2-1-3-11(12)17(27)28/h1-8H,(H,25,26)(H,27,28)(H2,21,22,23). The zero-order valence-corrected chi connectivity index (χ0v) is 15.5. The largest absolute Gasteiger partial charge is 0.478 e. The van der Waals surface area contributed by atoms with Gasteiger partial charge < -0.3 is 15.9 Å². The summed E-state index contributed by atoms with van der Waals surface area (Å²) >= 11 is 11.9. The Bertz CT molecular complexity index is 1050. The van der Waals surface area contributed by atoms with Gasteiger partial charge in [-0.2, -0.15) is 9.97 Å². The first-order valence-corrected chi connectivity index (χ1v) is 8.49. The summed E-state index contributed by atoms with van der Waals surface area (Å²) in [6.07, 6.45) is 0. The number of aromatic nitrogens is 2. The fourth-order valence-electron chi connectivity index (χ4n) is 2.49. The van der Waals surface area contributed by atoms with E-state index in [-0.39, 0.29) is 38.8 Å². The van der Waals surface area contributed by atoms with Crippen LogP contribution in [0.1, 0.15) is 20.7 Å². The van der Waals surface area contributed by atoms with Crippen LogP contribution in [0, 0.1) is 0 Å². The molecule has 0 spiro atoms. The molecule has 8 nitrogen and oxygen atoms in total. The van der Waals surface area contributed by atoms with Crippen molar-refractivity contribution in [2.45, 2.75) is 0 Å². The van der Waals surface area contributed by atoms with Crippen LogP contribution in [0.4, 0.5) is 23.1 Å². The Hall–Kier alpha value is -3.36. The molecule has 0 aliphatic heterocycles. The van der Waals surface area contributed by atoms with Crippen LogP contribution in [0.25, 0.3) is 0 Å². The van der Waals surface area contributed by atoms with Crippen LogP contribution in [-0.4, -0.2) is 32.1 Å². The molecule has 0 bridgehead atoms. The molecule has 0 aliphatic rings. The summed E-state index contributed by atoms with van der Waals surface area (Å²) < 4.78 is 0. The first-order chi connectivity index (χ1) is 13.3. The number of hydrogen-bond donors (Lipinski definition) is 3. The highest BCUT2D eigenvalue weighted by Crippen LogP contribution is 2.37. The molecule has 2 aromatic carbocycles. The van der Waals surface area contributed by atoms with E-state index in [0.29, 0.717) is 5.69 Å². The molecule has 0 amide bonds. The molecule has 10 heteroatoms. The third-order valence-electron chi connectivity index (χ3n) is 3.77. The smallest absolute Gasteiger partial charge is 0.337 e. The summed E-state index contributed by atoms with van der Waals surface area (Å²) in [5.74, 6) is -2.38. The van der Waals surface area contributed by atoms with Crippen molar-refractivity contribution in [3.8, 4) is 0 Å². The van der Waals surface area contributed by atoms with Crippen molar-refractivity contribution in [2.24, 2.45) is 0 Å². The first kappa shape index (κ1) is 19.4. The Kier molecular flexibility index (Phi) is 5.34. The Morgan fingerprint density at radius 2 is 1.57 bits per heavy atom. The lowest BCUT2D eigenvalue weighted by atomic mass is 10.1. The van der Waals surface area contributed by atoms with Gasteiger partial charge in [0.25, 0.3) is 0 Å². The molecule has 0 atom stereocenters. The number of carbonyl (C=O) groups is 2. The highest BCUT2D eigenvalue weighted by atomic mass is 35.5. The fraction of sp³-hybridized carbons (Fsp3) is 0. The number of carboxylic acids is 2.